The monoisotopic (exact) mass is 440 g/mol. The van der Waals surface area contributed by atoms with Gasteiger partial charge in [-0.3, -0.25) is 14.5 Å². The molecule has 1 N–H and O–H groups in total. The number of carbonyl (C=O) groups is 3. The van der Waals surface area contributed by atoms with Gasteiger partial charge in [-0.2, -0.15) is 0 Å². The lowest BCUT2D eigenvalue weighted by Crippen LogP contribution is -2.52. The van der Waals surface area contributed by atoms with Crippen LogP contribution in [-0.2, 0) is 15.1 Å². The number of halogens is 1. The van der Waals surface area contributed by atoms with Crippen LogP contribution in [0.2, 0.25) is 5.02 Å². The summed E-state index contributed by atoms with van der Waals surface area (Å²) in [6.45, 7) is 3.96. The molecular weight excluding hydrogens is 416 g/mol. The third kappa shape index (κ3) is 3.97. The van der Waals surface area contributed by atoms with Crippen molar-refractivity contribution in [2.24, 2.45) is 0 Å². The number of imide groups is 1. The first-order valence-corrected chi connectivity index (χ1v) is 10.8. The van der Waals surface area contributed by atoms with Crippen LogP contribution in [0.4, 0.5) is 10.5 Å². The standard InChI is InChI=1S/C23H25ClN4O3/c1-2-23(17-7-4-3-5-8-17)21(30)28(22(31)25-23)16-20(29)27-13-11-26(12-14-27)19-10-6-9-18(24)15-19/h3-10,15H,2,11-14,16H2,1H3,(H,25,31). The smallest absolute Gasteiger partial charge is 0.325 e. The predicted octanol–water partition coefficient (Wildman–Crippen LogP) is 2.85. The molecule has 2 fully saturated rings. The summed E-state index contributed by atoms with van der Waals surface area (Å²) in [4.78, 5) is 43.6. The van der Waals surface area contributed by atoms with Crippen LogP contribution in [0, 0.1) is 0 Å². The van der Waals surface area contributed by atoms with Crippen molar-refractivity contribution in [1.82, 2.24) is 15.1 Å². The molecule has 162 valence electrons. The van der Waals surface area contributed by atoms with E-state index in [0.29, 0.717) is 37.6 Å². The van der Waals surface area contributed by atoms with E-state index >= 15 is 0 Å². The minimum atomic E-state index is -1.12. The Hall–Kier alpha value is -3.06. The van der Waals surface area contributed by atoms with Crippen LogP contribution in [0.15, 0.2) is 54.6 Å². The molecule has 1 atom stereocenters. The third-order valence-corrected chi connectivity index (χ3v) is 6.31. The molecule has 1 unspecified atom stereocenters. The third-order valence-electron chi connectivity index (χ3n) is 6.07. The molecule has 31 heavy (non-hydrogen) atoms. The predicted molar refractivity (Wildman–Crippen MR) is 119 cm³/mol. The number of nitrogens with one attached hydrogen (secondary N) is 1. The highest BCUT2D eigenvalue weighted by molar-refractivity contribution is 6.30. The molecule has 0 aromatic heterocycles. The number of amides is 4. The Morgan fingerprint density at radius 1 is 1.03 bits per heavy atom. The van der Waals surface area contributed by atoms with Crippen molar-refractivity contribution in [3.8, 4) is 0 Å². The number of hydrogen-bond donors (Lipinski definition) is 1. The van der Waals surface area contributed by atoms with E-state index in [-0.39, 0.29) is 18.4 Å². The molecule has 4 rings (SSSR count). The summed E-state index contributed by atoms with van der Waals surface area (Å²) < 4.78 is 0. The van der Waals surface area contributed by atoms with E-state index in [1.54, 1.807) is 4.90 Å². The SMILES string of the molecule is CCC1(c2ccccc2)NC(=O)N(CC(=O)N2CCN(c3cccc(Cl)c3)CC2)C1=O. The maximum atomic E-state index is 13.2. The van der Waals surface area contributed by atoms with Gasteiger partial charge in [-0.15, -0.1) is 0 Å². The number of benzene rings is 2. The minimum Gasteiger partial charge on any atom is -0.368 e. The average Bonchev–Trinajstić information content (AvgIpc) is 3.05. The van der Waals surface area contributed by atoms with Gasteiger partial charge in [-0.05, 0) is 30.2 Å². The summed E-state index contributed by atoms with van der Waals surface area (Å²) in [6, 6.07) is 16.3. The van der Waals surface area contributed by atoms with Crippen molar-refractivity contribution in [3.05, 3.63) is 65.2 Å². The number of anilines is 1. The van der Waals surface area contributed by atoms with Crippen molar-refractivity contribution < 1.29 is 14.4 Å². The first kappa shape index (κ1) is 21.2. The molecule has 0 saturated carbocycles. The van der Waals surface area contributed by atoms with Gasteiger partial charge in [0.25, 0.3) is 5.91 Å². The number of rotatable bonds is 5. The van der Waals surface area contributed by atoms with E-state index in [9.17, 15) is 14.4 Å². The van der Waals surface area contributed by atoms with Gasteiger partial charge in [0.2, 0.25) is 5.91 Å². The number of carbonyl (C=O) groups excluding carboxylic acids is 3. The summed E-state index contributed by atoms with van der Waals surface area (Å²) in [6.07, 6.45) is 0.407. The molecule has 2 aromatic carbocycles. The van der Waals surface area contributed by atoms with Gasteiger partial charge in [0, 0.05) is 36.9 Å². The van der Waals surface area contributed by atoms with Crippen molar-refractivity contribution in [2.45, 2.75) is 18.9 Å². The van der Waals surface area contributed by atoms with E-state index in [1.165, 1.54) is 0 Å². The molecule has 2 aromatic rings. The molecular formula is C23H25ClN4O3. The van der Waals surface area contributed by atoms with E-state index in [1.807, 2.05) is 61.5 Å². The summed E-state index contributed by atoms with van der Waals surface area (Å²) >= 11 is 6.08. The molecule has 0 aliphatic carbocycles. The molecule has 2 aliphatic rings. The van der Waals surface area contributed by atoms with Crippen LogP contribution in [-0.4, -0.2) is 60.4 Å². The Morgan fingerprint density at radius 3 is 2.39 bits per heavy atom. The van der Waals surface area contributed by atoms with Crippen LogP contribution < -0.4 is 10.2 Å². The van der Waals surface area contributed by atoms with E-state index in [4.69, 9.17) is 11.6 Å². The van der Waals surface area contributed by atoms with Gasteiger partial charge >= 0.3 is 6.03 Å². The van der Waals surface area contributed by atoms with Crippen LogP contribution in [0.5, 0.6) is 0 Å². The lowest BCUT2D eigenvalue weighted by molar-refractivity contribution is -0.139. The number of urea groups is 1. The zero-order chi connectivity index (χ0) is 22.0. The summed E-state index contributed by atoms with van der Waals surface area (Å²) in [5.74, 6) is -0.605. The minimum absolute atomic E-state index is 0.228. The lowest BCUT2D eigenvalue weighted by atomic mass is 9.87. The van der Waals surface area contributed by atoms with Crippen LogP contribution >= 0.6 is 11.6 Å². The Morgan fingerprint density at radius 2 is 1.74 bits per heavy atom. The Labute approximate surface area is 186 Å². The topological polar surface area (TPSA) is 73.0 Å². The maximum absolute atomic E-state index is 13.2. The van der Waals surface area contributed by atoms with Gasteiger partial charge in [0.05, 0.1) is 0 Å². The summed E-state index contributed by atoms with van der Waals surface area (Å²) in [5, 5.41) is 3.49. The van der Waals surface area contributed by atoms with Gasteiger partial charge in [-0.25, -0.2) is 4.79 Å². The second kappa shape index (κ2) is 8.59. The molecule has 7 nitrogen and oxygen atoms in total. The summed E-state index contributed by atoms with van der Waals surface area (Å²) in [7, 11) is 0. The van der Waals surface area contributed by atoms with Gasteiger partial charge < -0.3 is 15.1 Å². The zero-order valence-electron chi connectivity index (χ0n) is 17.4. The van der Waals surface area contributed by atoms with E-state index in [2.05, 4.69) is 10.2 Å². The lowest BCUT2D eigenvalue weighted by Gasteiger charge is -2.36. The van der Waals surface area contributed by atoms with Gasteiger partial charge in [0.15, 0.2) is 0 Å². The normalized spacial score (nSPS) is 21.4. The fourth-order valence-electron chi connectivity index (χ4n) is 4.25. The molecule has 2 heterocycles. The Balaban J connectivity index is 1.41. The fourth-order valence-corrected chi connectivity index (χ4v) is 4.44. The highest BCUT2D eigenvalue weighted by atomic mass is 35.5. The number of hydrogen-bond acceptors (Lipinski definition) is 4. The number of nitrogens with zero attached hydrogens (tertiary/aromatic N) is 3. The molecule has 2 saturated heterocycles. The first-order valence-electron chi connectivity index (χ1n) is 10.4. The van der Waals surface area contributed by atoms with Crippen molar-refractivity contribution in [1.29, 1.82) is 0 Å². The zero-order valence-corrected chi connectivity index (χ0v) is 18.1. The molecule has 8 heteroatoms. The summed E-state index contributed by atoms with van der Waals surface area (Å²) in [5.41, 5.74) is 0.620. The second-order valence-electron chi connectivity index (χ2n) is 7.79. The van der Waals surface area contributed by atoms with Crippen LogP contribution in [0.1, 0.15) is 18.9 Å². The molecule has 0 radical (unpaired) electrons. The molecule has 0 spiro atoms. The Bertz CT molecular complexity index is 991. The van der Waals surface area contributed by atoms with E-state index < -0.39 is 11.6 Å². The van der Waals surface area contributed by atoms with Gasteiger partial charge in [0.1, 0.15) is 12.1 Å². The first-order chi connectivity index (χ1) is 14.9. The number of piperazine rings is 1. The van der Waals surface area contributed by atoms with E-state index in [0.717, 1.165) is 16.2 Å². The van der Waals surface area contributed by atoms with Crippen molar-refractivity contribution >= 4 is 35.1 Å². The highest BCUT2D eigenvalue weighted by Crippen LogP contribution is 2.32. The van der Waals surface area contributed by atoms with Gasteiger partial charge in [-0.1, -0.05) is 54.9 Å². The molecule has 4 amide bonds. The quantitative estimate of drug-likeness (QED) is 0.725. The van der Waals surface area contributed by atoms with Crippen LogP contribution in [0.3, 0.4) is 0 Å². The fraction of sp³-hybridized carbons (Fsp3) is 0.348. The van der Waals surface area contributed by atoms with Crippen molar-refractivity contribution in [2.75, 3.05) is 37.6 Å². The second-order valence-corrected chi connectivity index (χ2v) is 8.23. The maximum Gasteiger partial charge on any atom is 0.325 e. The molecule has 2 aliphatic heterocycles. The van der Waals surface area contributed by atoms with Crippen molar-refractivity contribution in [3.63, 3.8) is 0 Å². The molecule has 0 bridgehead atoms. The largest absolute Gasteiger partial charge is 0.368 e. The highest BCUT2D eigenvalue weighted by Gasteiger charge is 2.51. The Kier molecular flexibility index (Phi) is 5.87. The van der Waals surface area contributed by atoms with Crippen LogP contribution in [0.25, 0.3) is 0 Å². The average molecular weight is 441 g/mol.